The normalized spacial score (nSPS) is 15.4. The second kappa shape index (κ2) is 10.6. The molecule has 4 aromatic rings. The summed E-state index contributed by atoms with van der Waals surface area (Å²) in [6.07, 6.45) is 1.87. The number of ether oxygens (including phenoxy) is 1. The van der Waals surface area contributed by atoms with Crippen molar-refractivity contribution in [2.45, 2.75) is 13.0 Å². The van der Waals surface area contributed by atoms with Gasteiger partial charge in [0, 0.05) is 29.0 Å². The summed E-state index contributed by atoms with van der Waals surface area (Å²) in [7, 11) is 3.96. The molecule has 0 saturated carbocycles. The molecule has 0 bridgehead atoms. The highest BCUT2D eigenvalue weighted by atomic mass is 79.9. The predicted molar refractivity (Wildman–Crippen MR) is 154 cm³/mol. The molecule has 1 atom stereocenters. The number of benzene rings is 2. The number of thiophene rings is 1. The molecule has 0 radical (unpaired) electrons. The molecule has 9 heteroatoms. The lowest BCUT2D eigenvalue weighted by molar-refractivity contribution is -0.138. The van der Waals surface area contributed by atoms with Crippen LogP contribution in [-0.4, -0.2) is 31.2 Å². The lowest BCUT2D eigenvalue weighted by Gasteiger charge is -2.24. The number of hydrogen-bond acceptors (Lipinski definition) is 7. The summed E-state index contributed by atoms with van der Waals surface area (Å²) in [6.45, 7) is 2.00. The summed E-state index contributed by atoms with van der Waals surface area (Å²) in [5.74, 6) is -0.471. The minimum absolute atomic E-state index is 0.191. The topological polar surface area (TPSA) is 63.9 Å². The van der Waals surface area contributed by atoms with Crippen LogP contribution >= 0.6 is 38.6 Å². The van der Waals surface area contributed by atoms with Gasteiger partial charge in [-0.2, -0.15) is 0 Å². The Morgan fingerprint density at radius 2 is 1.95 bits per heavy atom. The number of halogens is 1. The van der Waals surface area contributed by atoms with Gasteiger partial charge >= 0.3 is 5.97 Å². The molecule has 188 valence electrons. The molecule has 0 fully saturated rings. The molecule has 0 amide bonds. The number of thiazole rings is 1. The van der Waals surface area contributed by atoms with Gasteiger partial charge in [0.25, 0.3) is 5.56 Å². The maximum atomic E-state index is 13.8. The number of carbonyl (C=O) groups excluding carboxylic acids is 1. The largest absolute Gasteiger partial charge is 0.463 e. The smallest absolute Gasteiger partial charge is 0.338 e. The van der Waals surface area contributed by atoms with E-state index in [1.165, 1.54) is 22.7 Å². The molecule has 0 saturated heterocycles. The van der Waals surface area contributed by atoms with E-state index >= 15 is 0 Å². The Bertz CT molecular complexity index is 1670. The van der Waals surface area contributed by atoms with Gasteiger partial charge in [-0.1, -0.05) is 53.8 Å². The van der Waals surface area contributed by atoms with E-state index in [2.05, 4.69) is 15.9 Å². The summed E-state index contributed by atoms with van der Waals surface area (Å²) in [5, 5.41) is 1.94. The first-order chi connectivity index (χ1) is 17.9. The number of esters is 1. The Kier molecular flexibility index (Phi) is 7.28. The Morgan fingerprint density at radius 3 is 2.59 bits per heavy atom. The van der Waals surface area contributed by atoms with E-state index in [-0.39, 0.29) is 12.2 Å². The molecule has 1 unspecified atom stereocenters. The minimum atomic E-state index is -0.629. The van der Waals surface area contributed by atoms with E-state index in [1.54, 1.807) is 11.5 Å². The third kappa shape index (κ3) is 4.86. The van der Waals surface area contributed by atoms with Crippen molar-refractivity contribution in [1.29, 1.82) is 0 Å². The highest BCUT2D eigenvalue weighted by molar-refractivity contribution is 9.10. The van der Waals surface area contributed by atoms with Gasteiger partial charge < -0.3 is 9.64 Å². The summed E-state index contributed by atoms with van der Waals surface area (Å²) in [5.41, 5.74) is 3.44. The molecule has 0 spiro atoms. The van der Waals surface area contributed by atoms with Crippen LogP contribution in [0.15, 0.2) is 85.9 Å². The number of anilines is 1. The molecule has 0 N–H and O–H groups in total. The molecule has 3 heterocycles. The maximum Gasteiger partial charge on any atom is 0.338 e. The molecule has 6 nitrogen and oxygen atoms in total. The number of nitrogens with zero attached hydrogens (tertiary/aromatic N) is 3. The van der Waals surface area contributed by atoms with Crippen LogP contribution in [0.1, 0.15) is 29.0 Å². The molecule has 2 aromatic heterocycles. The summed E-state index contributed by atoms with van der Waals surface area (Å²) in [4.78, 5) is 35.5. The van der Waals surface area contributed by atoms with Crippen molar-refractivity contribution in [2.75, 3.05) is 25.6 Å². The van der Waals surface area contributed by atoms with Gasteiger partial charge in [-0.25, -0.2) is 9.79 Å². The molecule has 0 aliphatic carbocycles. The second-order valence-electron chi connectivity index (χ2n) is 8.55. The first kappa shape index (κ1) is 25.4. The van der Waals surface area contributed by atoms with E-state index in [0.29, 0.717) is 20.6 Å². The lowest BCUT2D eigenvalue weighted by Crippen LogP contribution is -2.39. The van der Waals surface area contributed by atoms with E-state index in [0.717, 1.165) is 26.2 Å². The molecule has 1 aliphatic heterocycles. The number of fused-ring (bicyclic) bond motifs is 1. The zero-order valence-electron chi connectivity index (χ0n) is 20.5. The van der Waals surface area contributed by atoms with Gasteiger partial charge in [-0.3, -0.25) is 9.36 Å². The van der Waals surface area contributed by atoms with Crippen molar-refractivity contribution in [3.8, 4) is 0 Å². The van der Waals surface area contributed by atoms with Crippen molar-refractivity contribution in [3.63, 3.8) is 0 Å². The van der Waals surface area contributed by atoms with E-state index in [9.17, 15) is 9.59 Å². The van der Waals surface area contributed by atoms with Crippen LogP contribution in [0.5, 0.6) is 0 Å². The van der Waals surface area contributed by atoms with Crippen molar-refractivity contribution < 1.29 is 9.53 Å². The quantitative estimate of drug-likeness (QED) is 0.301. The van der Waals surface area contributed by atoms with Gasteiger partial charge in [-0.05, 0) is 58.1 Å². The average molecular weight is 595 g/mol. The van der Waals surface area contributed by atoms with Crippen LogP contribution in [0, 0.1) is 0 Å². The lowest BCUT2D eigenvalue weighted by atomic mass is 9.97. The Labute approximate surface area is 230 Å². The summed E-state index contributed by atoms with van der Waals surface area (Å²) < 4.78 is 8.59. The van der Waals surface area contributed by atoms with E-state index < -0.39 is 12.0 Å². The third-order valence-electron chi connectivity index (χ3n) is 5.94. The van der Waals surface area contributed by atoms with Gasteiger partial charge in [0.1, 0.15) is 6.04 Å². The fraction of sp³-hybridized carbons (Fsp3) is 0.179. The van der Waals surface area contributed by atoms with Crippen molar-refractivity contribution in [2.24, 2.45) is 4.99 Å². The van der Waals surface area contributed by atoms with Crippen LogP contribution < -0.4 is 19.8 Å². The first-order valence-electron chi connectivity index (χ1n) is 11.7. The number of carbonyl (C=O) groups is 1. The fourth-order valence-corrected chi connectivity index (χ4v) is 6.86. The number of aromatic nitrogens is 1. The van der Waals surface area contributed by atoms with Gasteiger partial charge in [0.2, 0.25) is 0 Å². The maximum absolute atomic E-state index is 13.8. The molecular formula is C28H24BrN3O3S2. The highest BCUT2D eigenvalue weighted by Crippen LogP contribution is 2.36. The Morgan fingerprint density at radius 1 is 1.16 bits per heavy atom. The predicted octanol–water partition coefficient (Wildman–Crippen LogP) is 4.83. The third-order valence-corrected chi connectivity index (χ3v) is 8.48. The van der Waals surface area contributed by atoms with Crippen LogP contribution in [0.3, 0.4) is 0 Å². The van der Waals surface area contributed by atoms with Crippen LogP contribution in [0.4, 0.5) is 5.69 Å². The fourth-order valence-electron chi connectivity index (χ4n) is 4.28. The summed E-state index contributed by atoms with van der Waals surface area (Å²) in [6, 6.07) is 18.8. The molecular weight excluding hydrogens is 570 g/mol. The minimum Gasteiger partial charge on any atom is -0.463 e. The Balaban J connectivity index is 1.76. The standard InChI is InChI=1S/C28H24BrN3O3S2/c1-4-35-27(34)23-24(18-9-6-5-7-10-18)30-28-32(25(23)21-11-8-14-36-21)26(33)22(37-28)16-17-12-13-20(31(2)3)19(29)15-17/h5-16,25H,4H2,1-3H3/b22-16+. The van der Waals surface area contributed by atoms with Crippen LogP contribution in [-0.2, 0) is 9.53 Å². The first-order valence-corrected chi connectivity index (χ1v) is 14.2. The van der Waals surface area contributed by atoms with E-state index in [4.69, 9.17) is 9.73 Å². The second-order valence-corrected chi connectivity index (χ2v) is 11.4. The van der Waals surface area contributed by atoms with Gasteiger partial charge in [-0.15, -0.1) is 11.3 Å². The zero-order chi connectivity index (χ0) is 26.1. The molecule has 5 rings (SSSR count). The summed E-state index contributed by atoms with van der Waals surface area (Å²) >= 11 is 6.45. The molecule has 2 aromatic carbocycles. The number of hydrogen-bond donors (Lipinski definition) is 0. The van der Waals surface area contributed by atoms with Crippen LogP contribution in [0.25, 0.3) is 11.8 Å². The van der Waals surface area contributed by atoms with Gasteiger partial charge in [0.05, 0.1) is 28.1 Å². The molecule has 1 aliphatic rings. The Hall–Kier alpha value is -3.27. The van der Waals surface area contributed by atoms with Gasteiger partial charge in [0.15, 0.2) is 4.80 Å². The molecule has 37 heavy (non-hydrogen) atoms. The zero-order valence-corrected chi connectivity index (χ0v) is 23.7. The average Bonchev–Trinajstić information content (AvgIpc) is 3.52. The number of rotatable bonds is 6. The van der Waals surface area contributed by atoms with Crippen molar-refractivity contribution >= 4 is 62.0 Å². The monoisotopic (exact) mass is 593 g/mol. The van der Waals surface area contributed by atoms with E-state index in [1.807, 2.05) is 91.1 Å². The van der Waals surface area contributed by atoms with Crippen molar-refractivity contribution in [1.82, 2.24) is 4.57 Å². The highest BCUT2D eigenvalue weighted by Gasteiger charge is 2.35. The van der Waals surface area contributed by atoms with Crippen molar-refractivity contribution in [3.05, 3.63) is 112 Å². The SMILES string of the molecule is CCOC(=O)C1=C(c2ccccc2)N=c2s/c(=C/c3ccc(N(C)C)c(Br)c3)c(=O)n2C1c1cccs1. The van der Waals surface area contributed by atoms with Crippen LogP contribution in [0.2, 0.25) is 0 Å².